The number of ketones is 1. The second kappa shape index (κ2) is 10.3. The third-order valence-electron chi connectivity index (χ3n) is 6.08. The molecular formula is C28H26ClNO6. The Bertz CT molecular complexity index is 1350. The van der Waals surface area contributed by atoms with Crippen molar-refractivity contribution in [2.75, 3.05) is 25.7 Å². The number of amides is 1. The van der Waals surface area contributed by atoms with Crippen molar-refractivity contribution in [3.05, 3.63) is 87.9 Å². The van der Waals surface area contributed by atoms with Gasteiger partial charge in [-0.3, -0.25) is 14.5 Å². The van der Waals surface area contributed by atoms with Crippen LogP contribution in [0.15, 0.2) is 66.2 Å². The standard InChI is InChI=1S/C28H26ClNO6/c1-5-36-18-12-10-17(11-13-18)30-25(19-9-7-6-8-16(19)2)24(27(32)28(30)33)26(31)20-14-21(29)23(35-4)15-22(20)34-3/h6-15,25,31H,5H2,1-4H3/b26-24+. The van der Waals surface area contributed by atoms with Crippen LogP contribution in [0.3, 0.4) is 0 Å². The van der Waals surface area contributed by atoms with Gasteiger partial charge in [0, 0.05) is 11.8 Å². The van der Waals surface area contributed by atoms with Crippen molar-refractivity contribution >= 4 is 34.7 Å². The lowest BCUT2D eigenvalue weighted by Gasteiger charge is -2.27. The molecule has 1 N–H and O–H groups in total. The van der Waals surface area contributed by atoms with E-state index in [1.165, 1.54) is 31.3 Å². The van der Waals surface area contributed by atoms with Crippen LogP contribution < -0.4 is 19.1 Å². The highest BCUT2D eigenvalue weighted by Gasteiger charge is 2.47. The van der Waals surface area contributed by atoms with E-state index in [0.29, 0.717) is 29.4 Å². The molecule has 3 aromatic rings. The number of ether oxygens (including phenoxy) is 3. The monoisotopic (exact) mass is 507 g/mol. The highest BCUT2D eigenvalue weighted by molar-refractivity contribution is 6.51. The highest BCUT2D eigenvalue weighted by atomic mass is 35.5. The second-order valence-corrected chi connectivity index (χ2v) is 8.55. The number of aliphatic hydroxyl groups excluding tert-OH is 1. The number of methoxy groups -OCH3 is 2. The predicted molar refractivity (Wildman–Crippen MR) is 138 cm³/mol. The molecule has 186 valence electrons. The van der Waals surface area contributed by atoms with Gasteiger partial charge in [-0.2, -0.15) is 0 Å². The van der Waals surface area contributed by atoms with E-state index in [1.807, 2.05) is 38.1 Å². The smallest absolute Gasteiger partial charge is 0.300 e. The van der Waals surface area contributed by atoms with Crippen molar-refractivity contribution in [3.8, 4) is 17.2 Å². The van der Waals surface area contributed by atoms with Crippen LogP contribution in [0.1, 0.15) is 29.7 Å². The number of carbonyl (C=O) groups is 2. The third-order valence-corrected chi connectivity index (χ3v) is 6.38. The van der Waals surface area contributed by atoms with E-state index >= 15 is 0 Å². The predicted octanol–water partition coefficient (Wildman–Crippen LogP) is 5.69. The zero-order valence-electron chi connectivity index (χ0n) is 20.4. The molecule has 0 spiro atoms. The van der Waals surface area contributed by atoms with Crippen LogP contribution in [-0.4, -0.2) is 37.6 Å². The van der Waals surface area contributed by atoms with Gasteiger partial charge in [0.1, 0.15) is 23.0 Å². The Morgan fingerprint density at radius 1 is 1.00 bits per heavy atom. The Hall–Kier alpha value is -3.97. The number of Topliss-reactive ketones (excluding diaryl/α,β-unsaturated/α-hetero) is 1. The quantitative estimate of drug-likeness (QED) is 0.251. The number of aliphatic hydroxyl groups is 1. The molecular weight excluding hydrogens is 482 g/mol. The highest BCUT2D eigenvalue weighted by Crippen LogP contribution is 2.45. The molecule has 4 rings (SSSR count). The van der Waals surface area contributed by atoms with Crippen LogP contribution in [0.25, 0.3) is 5.76 Å². The minimum atomic E-state index is -0.880. The topological polar surface area (TPSA) is 85.3 Å². The molecule has 1 aliphatic heterocycles. The molecule has 3 aromatic carbocycles. The lowest BCUT2D eigenvalue weighted by Crippen LogP contribution is -2.29. The van der Waals surface area contributed by atoms with Gasteiger partial charge in [0.25, 0.3) is 11.7 Å². The summed E-state index contributed by atoms with van der Waals surface area (Å²) in [6.07, 6.45) is 0. The normalized spacial score (nSPS) is 16.8. The SMILES string of the molecule is CCOc1ccc(N2C(=O)C(=O)/C(=C(/O)c3cc(Cl)c(OC)cc3OC)C2c2ccccc2C)cc1. The number of benzene rings is 3. The molecule has 1 fully saturated rings. The average molecular weight is 508 g/mol. The largest absolute Gasteiger partial charge is 0.507 e. The summed E-state index contributed by atoms with van der Waals surface area (Å²) in [5.41, 5.74) is 2.15. The van der Waals surface area contributed by atoms with Crippen LogP contribution in [0.2, 0.25) is 5.02 Å². The number of carbonyl (C=O) groups excluding carboxylic acids is 2. The summed E-state index contributed by atoms with van der Waals surface area (Å²) in [6.45, 7) is 4.27. The maximum atomic E-state index is 13.4. The molecule has 1 aliphatic rings. The Kier molecular flexibility index (Phi) is 7.22. The van der Waals surface area contributed by atoms with Crippen molar-refractivity contribution in [1.82, 2.24) is 0 Å². The Morgan fingerprint density at radius 2 is 1.67 bits per heavy atom. The average Bonchev–Trinajstić information content (AvgIpc) is 3.14. The fourth-order valence-electron chi connectivity index (χ4n) is 4.35. The minimum absolute atomic E-state index is 0.0669. The zero-order valence-corrected chi connectivity index (χ0v) is 21.1. The van der Waals surface area contributed by atoms with Crippen molar-refractivity contribution < 1.29 is 28.9 Å². The van der Waals surface area contributed by atoms with Gasteiger partial charge in [-0.15, -0.1) is 0 Å². The van der Waals surface area contributed by atoms with Gasteiger partial charge in [0.05, 0.1) is 43.0 Å². The molecule has 0 bridgehead atoms. The lowest BCUT2D eigenvalue weighted by molar-refractivity contribution is -0.132. The fraction of sp³-hybridized carbons (Fsp3) is 0.214. The number of halogens is 1. The first-order valence-corrected chi connectivity index (χ1v) is 11.7. The van der Waals surface area contributed by atoms with Crippen molar-refractivity contribution in [2.24, 2.45) is 0 Å². The molecule has 0 radical (unpaired) electrons. The van der Waals surface area contributed by atoms with Crippen LogP contribution in [0, 0.1) is 6.92 Å². The molecule has 0 aliphatic carbocycles. The summed E-state index contributed by atoms with van der Waals surface area (Å²) in [5, 5.41) is 11.7. The van der Waals surface area contributed by atoms with Crippen molar-refractivity contribution in [2.45, 2.75) is 19.9 Å². The van der Waals surface area contributed by atoms with E-state index in [4.69, 9.17) is 25.8 Å². The van der Waals surface area contributed by atoms with Gasteiger partial charge in [-0.25, -0.2) is 0 Å². The van der Waals surface area contributed by atoms with Gasteiger partial charge in [0.2, 0.25) is 0 Å². The summed E-state index contributed by atoms with van der Waals surface area (Å²) < 4.78 is 16.2. The van der Waals surface area contributed by atoms with E-state index in [-0.39, 0.29) is 21.9 Å². The summed E-state index contributed by atoms with van der Waals surface area (Å²) >= 11 is 6.33. The first kappa shape index (κ1) is 25.1. The molecule has 1 amide bonds. The number of aryl methyl sites for hydroxylation is 1. The van der Waals surface area contributed by atoms with Gasteiger partial charge in [0.15, 0.2) is 0 Å². The first-order chi connectivity index (χ1) is 17.3. The zero-order chi connectivity index (χ0) is 26.0. The molecule has 0 saturated carbocycles. The van der Waals surface area contributed by atoms with E-state index in [2.05, 4.69) is 0 Å². The van der Waals surface area contributed by atoms with Gasteiger partial charge < -0.3 is 19.3 Å². The van der Waals surface area contributed by atoms with Crippen LogP contribution >= 0.6 is 11.6 Å². The summed E-state index contributed by atoms with van der Waals surface area (Å²) in [6, 6.07) is 16.4. The van der Waals surface area contributed by atoms with Crippen molar-refractivity contribution in [1.29, 1.82) is 0 Å². The Labute approximate surface area is 214 Å². The van der Waals surface area contributed by atoms with E-state index in [1.54, 1.807) is 24.3 Å². The van der Waals surface area contributed by atoms with Crippen molar-refractivity contribution in [3.63, 3.8) is 0 Å². The number of hydrogen-bond acceptors (Lipinski definition) is 6. The van der Waals surface area contributed by atoms with E-state index < -0.39 is 23.5 Å². The molecule has 36 heavy (non-hydrogen) atoms. The molecule has 1 saturated heterocycles. The minimum Gasteiger partial charge on any atom is -0.507 e. The van der Waals surface area contributed by atoms with Gasteiger partial charge in [-0.1, -0.05) is 35.9 Å². The van der Waals surface area contributed by atoms with Gasteiger partial charge in [-0.05, 0) is 55.3 Å². The second-order valence-electron chi connectivity index (χ2n) is 8.14. The first-order valence-electron chi connectivity index (χ1n) is 11.3. The number of anilines is 1. The molecule has 1 heterocycles. The van der Waals surface area contributed by atoms with E-state index in [0.717, 1.165) is 5.56 Å². The Balaban J connectivity index is 1.96. The Morgan fingerprint density at radius 3 is 2.28 bits per heavy atom. The molecule has 7 nitrogen and oxygen atoms in total. The summed E-state index contributed by atoms with van der Waals surface area (Å²) in [5.74, 6) is -0.740. The number of nitrogens with zero attached hydrogens (tertiary/aromatic N) is 1. The molecule has 1 unspecified atom stereocenters. The number of hydrogen-bond donors (Lipinski definition) is 1. The third kappa shape index (κ3) is 4.38. The van der Waals surface area contributed by atoms with Crippen LogP contribution in [-0.2, 0) is 9.59 Å². The molecule has 1 atom stereocenters. The van der Waals surface area contributed by atoms with E-state index in [9.17, 15) is 14.7 Å². The number of rotatable bonds is 7. The maximum Gasteiger partial charge on any atom is 0.300 e. The fourth-order valence-corrected chi connectivity index (χ4v) is 4.59. The summed E-state index contributed by atoms with van der Waals surface area (Å²) in [7, 11) is 2.89. The molecule has 0 aromatic heterocycles. The maximum absolute atomic E-state index is 13.4. The van der Waals surface area contributed by atoms with Crippen LogP contribution in [0.4, 0.5) is 5.69 Å². The summed E-state index contributed by atoms with van der Waals surface area (Å²) in [4.78, 5) is 28.2. The van der Waals surface area contributed by atoms with Gasteiger partial charge >= 0.3 is 0 Å². The molecule has 8 heteroatoms. The van der Waals surface area contributed by atoms with Crippen LogP contribution in [0.5, 0.6) is 17.2 Å². The lowest BCUT2D eigenvalue weighted by atomic mass is 9.92.